The van der Waals surface area contributed by atoms with Crippen molar-refractivity contribution in [2.75, 3.05) is 31.9 Å². The van der Waals surface area contributed by atoms with Gasteiger partial charge >= 0.3 is 0 Å². The fourth-order valence-corrected chi connectivity index (χ4v) is 5.04. The van der Waals surface area contributed by atoms with Crippen LogP contribution in [0.5, 0.6) is 0 Å². The number of thioether (sulfide) groups is 1. The van der Waals surface area contributed by atoms with Crippen LogP contribution in [0.15, 0.2) is 29.2 Å². The van der Waals surface area contributed by atoms with Crippen molar-refractivity contribution in [3.63, 3.8) is 0 Å². The molecule has 3 aliphatic rings. The van der Waals surface area contributed by atoms with Crippen LogP contribution in [0, 0.1) is 11.8 Å². The van der Waals surface area contributed by atoms with E-state index in [1.807, 2.05) is 11.8 Å². The van der Waals surface area contributed by atoms with Gasteiger partial charge in [-0.25, -0.2) is 0 Å². The number of carbonyl (C=O) groups excluding carboxylic acids is 1. The first-order valence-electron chi connectivity index (χ1n) is 7.54. The number of carbonyl (C=O) groups is 1. The van der Waals surface area contributed by atoms with Gasteiger partial charge in [0.2, 0.25) is 5.91 Å². The Hall–Kier alpha value is -1.00. The Morgan fingerprint density at radius 1 is 1.25 bits per heavy atom. The lowest BCUT2D eigenvalue weighted by Gasteiger charge is -2.36. The maximum atomic E-state index is 12.8. The first kappa shape index (κ1) is 12.7. The Kier molecular flexibility index (Phi) is 3.23. The van der Waals surface area contributed by atoms with Crippen LogP contribution in [0.2, 0.25) is 0 Å². The summed E-state index contributed by atoms with van der Waals surface area (Å²) in [6, 6.07) is 8.38. The monoisotopic (exact) mass is 288 g/mol. The lowest BCUT2D eigenvalue weighted by molar-refractivity contribution is -0.134. The third kappa shape index (κ3) is 2.06. The van der Waals surface area contributed by atoms with Crippen molar-refractivity contribution in [1.29, 1.82) is 0 Å². The molecule has 106 valence electrons. The molecule has 0 radical (unpaired) electrons. The van der Waals surface area contributed by atoms with Crippen LogP contribution >= 0.6 is 11.8 Å². The highest BCUT2D eigenvalue weighted by Crippen LogP contribution is 2.41. The molecule has 1 aromatic rings. The minimum atomic E-state index is 0.0853. The van der Waals surface area contributed by atoms with Gasteiger partial charge in [-0.1, -0.05) is 18.2 Å². The minimum Gasteiger partial charge on any atom is -0.342 e. The summed E-state index contributed by atoms with van der Waals surface area (Å²) in [7, 11) is 0. The molecule has 0 aliphatic carbocycles. The molecule has 3 atom stereocenters. The number of amides is 1. The molecule has 0 spiro atoms. The number of hydrogen-bond donors (Lipinski definition) is 1. The van der Waals surface area contributed by atoms with Crippen LogP contribution in [-0.4, -0.2) is 42.7 Å². The Bertz CT molecular complexity index is 533. The number of piperidine rings is 1. The Morgan fingerprint density at radius 2 is 2.10 bits per heavy atom. The SMILES string of the molecule is O=C(C1CSc2ccccc21)N1CCC2CNCC2C1. The third-order valence-electron chi connectivity index (χ3n) is 5.01. The Balaban J connectivity index is 1.51. The van der Waals surface area contributed by atoms with E-state index in [4.69, 9.17) is 0 Å². The summed E-state index contributed by atoms with van der Waals surface area (Å²) < 4.78 is 0. The fraction of sp³-hybridized carbons (Fsp3) is 0.562. The first-order chi connectivity index (χ1) is 9.83. The maximum Gasteiger partial charge on any atom is 0.231 e. The number of rotatable bonds is 1. The van der Waals surface area contributed by atoms with Crippen molar-refractivity contribution in [2.24, 2.45) is 11.8 Å². The number of fused-ring (bicyclic) bond motifs is 2. The second kappa shape index (κ2) is 5.08. The zero-order chi connectivity index (χ0) is 13.5. The van der Waals surface area contributed by atoms with E-state index in [-0.39, 0.29) is 5.92 Å². The van der Waals surface area contributed by atoms with E-state index in [1.54, 1.807) is 0 Å². The normalized spacial score (nSPS) is 32.0. The van der Waals surface area contributed by atoms with Gasteiger partial charge in [-0.2, -0.15) is 0 Å². The molecule has 2 fully saturated rings. The summed E-state index contributed by atoms with van der Waals surface area (Å²) in [6.07, 6.45) is 1.17. The highest BCUT2D eigenvalue weighted by Gasteiger charge is 2.38. The lowest BCUT2D eigenvalue weighted by Crippen LogP contribution is -2.45. The number of nitrogens with zero attached hydrogens (tertiary/aromatic N) is 1. The van der Waals surface area contributed by atoms with E-state index in [1.165, 1.54) is 16.9 Å². The van der Waals surface area contributed by atoms with Crippen molar-refractivity contribution in [1.82, 2.24) is 10.2 Å². The van der Waals surface area contributed by atoms with Crippen LogP contribution in [0.3, 0.4) is 0 Å². The van der Waals surface area contributed by atoms with Crippen molar-refractivity contribution < 1.29 is 4.79 Å². The average Bonchev–Trinajstić information content (AvgIpc) is 3.12. The molecule has 1 aromatic carbocycles. The van der Waals surface area contributed by atoms with Gasteiger partial charge in [0.1, 0.15) is 0 Å². The van der Waals surface area contributed by atoms with Gasteiger partial charge in [0.15, 0.2) is 0 Å². The van der Waals surface area contributed by atoms with Crippen molar-refractivity contribution in [3.05, 3.63) is 29.8 Å². The van der Waals surface area contributed by atoms with E-state index < -0.39 is 0 Å². The van der Waals surface area contributed by atoms with Crippen LogP contribution in [0.4, 0.5) is 0 Å². The summed E-state index contributed by atoms with van der Waals surface area (Å²) in [4.78, 5) is 16.3. The van der Waals surface area contributed by atoms with Gasteiger partial charge < -0.3 is 10.2 Å². The van der Waals surface area contributed by atoms with E-state index >= 15 is 0 Å². The van der Waals surface area contributed by atoms with Gasteiger partial charge in [-0.05, 0) is 43.0 Å². The molecule has 1 N–H and O–H groups in total. The highest BCUT2D eigenvalue weighted by atomic mass is 32.2. The molecule has 0 aromatic heterocycles. The zero-order valence-electron chi connectivity index (χ0n) is 11.5. The van der Waals surface area contributed by atoms with Gasteiger partial charge in [0, 0.05) is 23.7 Å². The largest absolute Gasteiger partial charge is 0.342 e. The summed E-state index contributed by atoms with van der Waals surface area (Å²) in [5, 5.41) is 3.47. The smallest absolute Gasteiger partial charge is 0.231 e. The molecule has 0 bridgehead atoms. The topological polar surface area (TPSA) is 32.3 Å². The second-order valence-corrected chi connectivity index (χ2v) is 7.21. The summed E-state index contributed by atoms with van der Waals surface area (Å²) in [6.45, 7) is 4.14. The van der Waals surface area contributed by atoms with Gasteiger partial charge in [0.25, 0.3) is 0 Å². The second-order valence-electron chi connectivity index (χ2n) is 6.15. The van der Waals surface area contributed by atoms with E-state index in [9.17, 15) is 4.79 Å². The van der Waals surface area contributed by atoms with E-state index in [0.29, 0.717) is 11.8 Å². The first-order valence-corrected chi connectivity index (χ1v) is 8.52. The summed E-state index contributed by atoms with van der Waals surface area (Å²) in [5.74, 6) is 2.83. The molecule has 4 rings (SSSR count). The maximum absolute atomic E-state index is 12.8. The molecule has 3 aliphatic heterocycles. The van der Waals surface area contributed by atoms with E-state index in [2.05, 4.69) is 34.5 Å². The van der Waals surface area contributed by atoms with Crippen LogP contribution in [0.1, 0.15) is 17.9 Å². The fourth-order valence-electron chi connectivity index (χ4n) is 3.82. The summed E-state index contributed by atoms with van der Waals surface area (Å²) >= 11 is 1.83. The van der Waals surface area contributed by atoms with Crippen LogP contribution < -0.4 is 5.32 Å². The quantitative estimate of drug-likeness (QED) is 0.857. The molecular formula is C16H20N2OS. The molecule has 4 heteroatoms. The van der Waals surface area contributed by atoms with Crippen molar-refractivity contribution in [3.8, 4) is 0 Å². The Morgan fingerprint density at radius 3 is 3.05 bits per heavy atom. The zero-order valence-corrected chi connectivity index (χ0v) is 12.4. The number of benzene rings is 1. The van der Waals surface area contributed by atoms with Crippen molar-refractivity contribution in [2.45, 2.75) is 17.2 Å². The molecule has 20 heavy (non-hydrogen) atoms. The third-order valence-corrected chi connectivity index (χ3v) is 6.20. The van der Waals surface area contributed by atoms with E-state index in [0.717, 1.165) is 37.8 Å². The Labute approximate surface area is 124 Å². The molecule has 2 saturated heterocycles. The molecule has 0 saturated carbocycles. The highest BCUT2D eigenvalue weighted by molar-refractivity contribution is 7.99. The van der Waals surface area contributed by atoms with Crippen molar-refractivity contribution >= 4 is 17.7 Å². The lowest BCUT2D eigenvalue weighted by atomic mass is 9.87. The minimum absolute atomic E-state index is 0.0853. The molecule has 3 nitrogen and oxygen atoms in total. The molecule has 3 heterocycles. The van der Waals surface area contributed by atoms with Gasteiger partial charge in [-0.3, -0.25) is 4.79 Å². The van der Waals surface area contributed by atoms with Gasteiger partial charge in [-0.15, -0.1) is 11.8 Å². The standard InChI is InChI=1S/C16H20N2OS/c19-16(14-10-20-15-4-2-1-3-13(14)15)18-6-5-11-7-17-8-12(11)9-18/h1-4,11-12,14,17H,5-10H2. The molecular weight excluding hydrogens is 268 g/mol. The molecule has 1 amide bonds. The average molecular weight is 288 g/mol. The molecule has 3 unspecified atom stereocenters. The predicted molar refractivity (Wildman–Crippen MR) is 81.0 cm³/mol. The number of hydrogen-bond acceptors (Lipinski definition) is 3. The number of likely N-dealkylation sites (tertiary alicyclic amines) is 1. The van der Waals surface area contributed by atoms with Crippen LogP contribution in [0.25, 0.3) is 0 Å². The van der Waals surface area contributed by atoms with Gasteiger partial charge in [0.05, 0.1) is 5.92 Å². The number of nitrogens with one attached hydrogen (secondary N) is 1. The van der Waals surface area contributed by atoms with Crippen LogP contribution in [-0.2, 0) is 4.79 Å². The summed E-state index contributed by atoms with van der Waals surface area (Å²) in [5.41, 5.74) is 1.24. The predicted octanol–water partition coefficient (Wildman–Crippen LogP) is 1.94.